The topological polar surface area (TPSA) is 124 Å². The first-order valence-corrected chi connectivity index (χ1v) is 9.21. The molecule has 0 aliphatic heterocycles. The van der Waals surface area contributed by atoms with Gasteiger partial charge in [0, 0.05) is 29.7 Å². The number of carbonyl (C=O) groups excluding carboxylic acids is 1. The maximum absolute atomic E-state index is 12.4. The number of rotatable bonds is 5. The van der Waals surface area contributed by atoms with Gasteiger partial charge in [-0.2, -0.15) is 0 Å². The van der Waals surface area contributed by atoms with Crippen LogP contribution in [0.1, 0.15) is 34.8 Å². The van der Waals surface area contributed by atoms with Crippen LogP contribution in [-0.2, 0) is 6.54 Å². The van der Waals surface area contributed by atoms with Gasteiger partial charge in [0.2, 0.25) is 0 Å². The highest BCUT2D eigenvalue weighted by molar-refractivity contribution is 5.95. The molecule has 0 bridgehead atoms. The summed E-state index contributed by atoms with van der Waals surface area (Å²) in [6.07, 6.45) is 5.11. The SMILES string of the molecule is C[C@H](N)c1nc(-c2ccc(C(=O)NCc3ccccn3)cc2)c2c(N)nccn12. The predicted molar refractivity (Wildman–Crippen MR) is 111 cm³/mol. The lowest BCUT2D eigenvalue weighted by Gasteiger charge is -2.06. The molecule has 0 saturated carbocycles. The molecular weight excluding hydrogens is 366 g/mol. The Balaban J connectivity index is 1.60. The highest BCUT2D eigenvalue weighted by atomic mass is 16.1. The number of amides is 1. The van der Waals surface area contributed by atoms with E-state index in [1.807, 2.05) is 41.7 Å². The molecule has 4 rings (SSSR count). The summed E-state index contributed by atoms with van der Waals surface area (Å²) in [6.45, 7) is 2.23. The Hall–Kier alpha value is -3.78. The molecular formula is C21H21N7O. The van der Waals surface area contributed by atoms with Crippen LogP contribution in [0.5, 0.6) is 0 Å². The van der Waals surface area contributed by atoms with Crippen molar-refractivity contribution in [3.63, 3.8) is 0 Å². The van der Waals surface area contributed by atoms with Crippen molar-refractivity contribution in [1.82, 2.24) is 24.7 Å². The molecule has 0 aliphatic rings. The van der Waals surface area contributed by atoms with Crippen LogP contribution in [0.15, 0.2) is 61.1 Å². The van der Waals surface area contributed by atoms with Gasteiger partial charge in [-0.05, 0) is 31.2 Å². The molecule has 8 nitrogen and oxygen atoms in total. The van der Waals surface area contributed by atoms with Crippen LogP contribution < -0.4 is 16.8 Å². The fourth-order valence-electron chi connectivity index (χ4n) is 3.16. The quantitative estimate of drug-likeness (QED) is 0.483. The van der Waals surface area contributed by atoms with E-state index in [1.54, 1.807) is 30.7 Å². The molecule has 1 aromatic carbocycles. The number of pyridine rings is 1. The number of fused-ring (bicyclic) bond motifs is 1. The van der Waals surface area contributed by atoms with Crippen LogP contribution in [0.2, 0.25) is 0 Å². The average molecular weight is 387 g/mol. The zero-order valence-corrected chi connectivity index (χ0v) is 15.9. The molecule has 1 atom stereocenters. The zero-order chi connectivity index (χ0) is 20.4. The van der Waals surface area contributed by atoms with Crippen LogP contribution in [-0.4, -0.2) is 25.3 Å². The molecule has 5 N–H and O–H groups in total. The van der Waals surface area contributed by atoms with Gasteiger partial charge in [0.1, 0.15) is 22.9 Å². The van der Waals surface area contributed by atoms with Crippen LogP contribution in [0.3, 0.4) is 0 Å². The standard InChI is InChI=1S/C21H21N7O/c1-13(22)20-27-17(18-19(23)25-10-11-28(18)20)14-5-7-15(8-6-14)21(29)26-12-16-4-2-3-9-24-16/h2-11,13H,12,22H2,1H3,(H2,23,25)(H,26,29)/t13-/m0/s1. The number of imidazole rings is 1. The van der Waals surface area contributed by atoms with Crippen molar-refractivity contribution < 1.29 is 4.79 Å². The van der Waals surface area contributed by atoms with Gasteiger partial charge in [-0.15, -0.1) is 0 Å². The molecule has 0 fully saturated rings. The molecule has 0 unspecified atom stereocenters. The smallest absolute Gasteiger partial charge is 0.251 e. The molecule has 3 heterocycles. The van der Waals surface area contributed by atoms with Crippen molar-refractivity contribution in [3.8, 4) is 11.3 Å². The molecule has 0 spiro atoms. The summed E-state index contributed by atoms with van der Waals surface area (Å²) in [5.41, 5.74) is 15.7. The van der Waals surface area contributed by atoms with Gasteiger partial charge in [0.25, 0.3) is 5.91 Å². The molecule has 8 heteroatoms. The van der Waals surface area contributed by atoms with Crippen LogP contribution >= 0.6 is 0 Å². The summed E-state index contributed by atoms with van der Waals surface area (Å²) in [4.78, 5) is 25.5. The van der Waals surface area contributed by atoms with Crippen molar-refractivity contribution in [2.24, 2.45) is 5.73 Å². The van der Waals surface area contributed by atoms with E-state index in [0.29, 0.717) is 35.0 Å². The van der Waals surface area contributed by atoms with Gasteiger partial charge in [0.05, 0.1) is 18.3 Å². The van der Waals surface area contributed by atoms with E-state index in [9.17, 15) is 4.79 Å². The summed E-state index contributed by atoms with van der Waals surface area (Å²) in [5, 5.41) is 2.86. The molecule has 4 aromatic rings. The number of nitrogens with one attached hydrogen (secondary N) is 1. The molecule has 0 radical (unpaired) electrons. The Kier molecular flexibility index (Phi) is 4.92. The third-order valence-electron chi connectivity index (χ3n) is 4.59. The summed E-state index contributed by atoms with van der Waals surface area (Å²) in [5.74, 6) is 0.898. The number of benzene rings is 1. The van der Waals surface area contributed by atoms with E-state index in [1.165, 1.54) is 0 Å². The molecule has 3 aromatic heterocycles. The van der Waals surface area contributed by atoms with E-state index >= 15 is 0 Å². The lowest BCUT2D eigenvalue weighted by Crippen LogP contribution is -2.23. The number of anilines is 1. The molecule has 0 aliphatic carbocycles. The second-order valence-electron chi connectivity index (χ2n) is 6.72. The van der Waals surface area contributed by atoms with Crippen molar-refractivity contribution in [2.45, 2.75) is 19.5 Å². The number of hydrogen-bond donors (Lipinski definition) is 3. The number of nitrogens with two attached hydrogens (primary N) is 2. The van der Waals surface area contributed by atoms with Crippen molar-refractivity contribution in [1.29, 1.82) is 0 Å². The number of hydrogen-bond acceptors (Lipinski definition) is 6. The van der Waals surface area contributed by atoms with Crippen LogP contribution in [0, 0.1) is 0 Å². The van der Waals surface area contributed by atoms with Gasteiger partial charge >= 0.3 is 0 Å². The fourth-order valence-corrected chi connectivity index (χ4v) is 3.16. The van der Waals surface area contributed by atoms with Gasteiger partial charge in [-0.3, -0.25) is 14.2 Å². The Morgan fingerprint density at radius 3 is 2.62 bits per heavy atom. The average Bonchev–Trinajstić information content (AvgIpc) is 3.14. The molecule has 0 saturated heterocycles. The maximum atomic E-state index is 12.4. The van der Waals surface area contributed by atoms with Crippen molar-refractivity contribution in [3.05, 3.63) is 78.1 Å². The number of carbonyl (C=O) groups is 1. The normalized spacial score (nSPS) is 12.1. The highest BCUT2D eigenvalue weighted by Crippen LogP contribution is 2.29. The molecule has 146 valence electrons. The summed E-state index contributed by atoms with van der Waals surface area (Å²) in [6, 6.07) is 12.5. The Morgan fingerprint density at radius 2 is 1.93 bits per heavy atom. The first kappa shape index (κ1) is 18.6. The fraction of sp³-hybridized carbons (Fsp3) is 0.143. The monoisotopic (exact) mass is 387 g/mol. The first-order chi connectivity index (χ1) is 14.0. The number of nitrogens with zero attached hydrogens (tertiary/aromatic N) is 4. The van der Waals surface area contributed by atoms with Gasteiger partial charge < -0.3 is 16.8 Å². The van der Waals surface area contributed by atoms with E-state index in [2.05, 4.69) is 20.3 Å². The summed E-state index contributed by atoms with van der Waals surface area (Å²) in [7, 11) is 0. The third kappa shape index (κ3) is 3.65. The van der Waals surface area contributed by atoms with Crippen LogP contribution in [0.4, 0.5) is 5.82 Å². The lowest BCUT2D eigenvalue weighted by atomic mass is 10.1. The molecule has 29 heavy (non-hydrogen) atoms. The maximum Gasteiger partial charge on any atom is 0.251 e. The minimum absolute atomic E-state index is 0.172. The lowest BCUT2D eigenvalue weighted by molar-refractivity contribution is 0.0950. The van der Waals surface area contributed by atoms with E-state index in [4.69, 9.17) is 11.5 Å². The summed E-state index contributed by atoms with van der Waals surface area (Å²) >= 11 is 0. The second-order valence-corrected chi connectivity index (χ2v) is 6.72. The largest absolute Gasteiger partial charge is 0.382 e. The molecule has 1 amide bonds. The zero-order valence-electron chi connectivity index (χ0n) is 15.9. The van der Waals surface area contributed by atoms with E-state index in [-0.39, 0.29) is 11.9 Å². The predicted octanol–water partition coefficient (Wildman–Crippen LogP) is 2.32. The van der Waals surface area contributed by atoms with E-state index in [0.717, 1.165) is 11.3 Å². The van der Waals surface area contributed by atoms with Gasteiger partial charge in [-0.1, -0.05) is 18.2 Å². The van der Waals surface area contributed by atoms with Crippen molar-refractivity contribution in [2.75, 3.05) is 5.73 Å². The second kappa shape index (κ2) is 7.69. The Morgan fingerprint density at radius 1 is 1.14 bits per heavy atom. The minimum atomic E-state index is -0.269. The summed E-state index contributed by atoms with van der Waals surface area (Å²) < 4.78 is 1.86. The van der Waals surface area contributed by atoms with Gasteiger partial charge in [-0.25, -0.2) is 9.97 Å². The van der Waals surface area contributed by atoms with Gasteiger partial charge in [0.15, 0.2) is 0 Å². The third-order valence-corrected chi connectivity index (χ3v) is 4.59. The highest BCUT2D eigenvalue weighted by Gasteiger charge is 2.18. The first-order valence-electron chi connectivity index (χ1n) is 9.21. The van der Waals surface area contributed by atoms with E-state index < -0.39 is 0 Å². The van der Waals surface area contributed by atoms with Crippen molar-refractivity contribution >= 4 is 17.2 Å². The van der Waals surface area contributed by atoms with Crippen LogP contribution in [0.25, 0.3) is 16.8 Å². The minimum Gasteiger partial charge on any atom is -0.382 e. The Labute approximate surface area is 167 Å². The number of aromatic nitrogens is 4. The Bertz CT molecular complexity index is 1150. The number of nitrogen functional groups attached to an aromatic ring is 1.